The topological polar surface area (TPSA) is 95.9 Å². The van der Waals surface area contributed by atoms with Gasteiger partial charge in [0.05, 0.1) is 6.42 Å². The predicted octanol–water partition coefficient (Wildman–Crippen LogP) is 5.15. The third-order valence-corrected chi connectivity index (χ3v) is 7.31. The first-order valence-electron chi connectivity index (χ1n) is 12.6. The second-order valence-corrected chi connectivity index (χ2v) is 10.2. The summed E-state index contributed by atoms with van der Waals surface area (Å²) in [5.74, 6) is -0.740. The fourth-order valence-corrected chi connectivity index (χ4v) is 5.27. The number of benzene rings is 3. The quantitative estimate of drug-likeness (QED) is 0.335. The molecule has 4 rings (SSSR count). The number of hydrogen-bond acceptors (Lipinski definition) is 5. The van der Waals surface area contributed by atoms with Crippen LogP contribution in [0.5, 0.6) is 0 Å². The van der Waals surface area contributed by atoms with Crippen LogP contribution in [-0.4, -0.2) is 59.2 Å². The van der Waals surface area contributed by atoms with Crippen molar-refractivity contribution in [2.24, 2.45) is 0 Å². The Labute approximate surface area is 227 Å². The Hall–Kier alpha value is -3.78. The van der Waals surface area contributed by atoms with Gasteiger partial charge >= 0.3 is 12.1 Å². The minimum atomic E-state index is -0.985. The molecule has 1 aliphatic rings. The standard InChI is InChI=1S/C30H32N2O5S/c1-38-18-16-27(29(35)32(17-15-28(33)34)19-21-9-3-2-4-10-21)31-30(36)37-20-26-24-13-7-5-11-22(24)23-12-6-8-14-25(23)26/h2-14,26-27H,15-20H2,1H3,(H,31,36)(H,33,34)/t27-/m0/s1. The summed E-state index contributed by atoms with van der Waals surface area (Å²) < 4.78 is 5.67. The normalized spacial score (nSPS) is 12.8. The number of fused-ring (bicyclic) bond motifs is 3. The number of carboxylic acid groups (broad SMARTS) is 1. The SMILES string of the molecule is CSCC[C@H](NC(=O)OCC1c2ccccc2-c2ccccc21)C(=O)N(CCC(=O)O)Cc1ccccc1. The van der Waals surface area contributed by atoms with Gasteiger partial charge in [0.25, 0.3) is 0 Å². The van der Waals surface area contributed by atoms with Crippen LogP contribution >= 0.6 is 11.8 Å². The lowest BCUT2D eigenvalue weighted by atomic mass is 9.98. The van der Waals surface area contributed by atoms with Crippen LogP contribution in [-0.2, 0) is 20.9 Å². The molecule has 1 aliphatic carbocycles. The largest absolute Gasteiger partial charge is 0.481 e. The molecule has 3 aromatic rings. The van der Waals surface area contributed by atoms with Crippen LogP contribution in [0.15, 0.2) is 78.9 Å². The van der Waals surface area contributed by atoms with E-state index in [1.165, 1.54) is 4.90 Å². The average molecular weight is 533 g/mol. The lowest BCUT2D eigenvalue weighted by molar-refractivity contribution is -0.139. The third kappa shape index (κ3) is 6.75. The molecule has 0 saturated heterocycles. The molecule has 7 nitrogen and oxygen atoms in total. The average Bonchev–Trinajstić information content (AvgIpc) is 3.26. The highest BCUT2D eigenvalue weighted by atomic mass is 32.2. The summed E-state index contributed by atoms with van der Waals surface area (Å²) in [5.41, 5.74) is 5.38. The first kappa shape index (κ1) is 27.3. The predicted molar refractivity (Wildman–Crippen MR) is 149 cm³/mol. The van der Waals surface area contributed by atoms with Crippen molar-refractivity contribution in [1.82, 2.24) is 10.2 Å². The zero-order valence-corrected chi connectivity index (χ0v) is 22.2. The molecule has 3 aromatic carbocycles. The Morgan fingerprint density at radius 3 is 2.16 bits per heavy atom. The summed E-state index contributed by atoms with van der Waals surface area (Å²) in [6.45, 7) is 0.455. The van der Waals surface area contributed by atoms with Gasteiger partial charge in [0.15, 0.2) is 0 Å². The number of nitrogens with zero attached hydrogens (tertiary/aromatic N) is 1. The van der Waals surface area contributed by atoms with Gasteiger partial charge in [-0.15, -0.1) is 0 Å². The molecule has 1 atom stereocenters. The van der Waals surface area contributed by atoms with E-state index in [-0.39, 0.29) is 37.9 Å². The van der Waals surface area contributed by atoms with E-state index in [0.717, 1.165) is 27.8 Å². The number of rotatable bonds is 12. The van der Waals surface area contributed by atoms with Gasteiger partial charge in [-0.3, -0.25) is 9.59 Å². The van der Waals surface area contributed by atoms with E-state index in [0.29, 0.717) is 12.2 Å². The fourth-order valence-electron chi connectivity index (χ4n) is 4.80. The van der Waals surface area contributed by atoms with Crippen molar-refractivity contribution in [1.29, 1.82) is 0 Å². The van der Waals surface area contributed by atoms with Crippen LogP contribution in [0.2, 0.25) is 0 Å². The van der Waals surface area contributed by atoms with Gasteiger partial charge in [0.1, 0.15) is 12.6 Å². The van der Waals surface area contributed by atoms with Crippen molar-refractivity contribution in [3.05, 3.63) is 95.6 Å². The van der Waals surface area contributed by atoms with Crippen LogP contribution in [0.25, 0.3) is 11.1 Å². The van der Waals surface area contributed by atoms with Gasteiger partial charge in [-0.25, -0.2) is 4.79 Å². The van der Waals surface area contributed by atoms with Gasteiger partial charge in [0.2, 0.25) is 5.91 Å². The minimum Gasteiger partial charge on any atom is -0.481 e. The van der Waals surface area contributed by atoms with Crippen LogP contribution < -0.4 is 5.32 Å². The second-order valence-electron chi connectivity index (χ2n) is 9.19. The van der Waals surface area contributed by atoms with E-state index in [4.69, 9.17) is 4.74 Å². The number of amides is 2. The van der Waals surface area contributed by atoms with Crippen molar-refractivity contribution in [2.75, 3.05) is 25.2 Å². The molecule has 0 heterocycles. The molecule has 0 radical (unpaired) electrons. The number of carbonyl (C=O) groups excluding carboxylic acids is 2. The fraction of sp³-hybridized carbons (Fsp3) is 0.300. The smallest absolute Gasteiger partial charge is 0.407 e. The van der Waals surface area contributed by atoms with Gasteiger partial charge in [-0.05, 0) is 46.2 Å². The van der Waals surface area contributed by atoms with Gasteiger partial charge < -0.3 is 20.1 Å². The summed E-state index contributed by atoms with van der Waals surface area (Å²) in [6, 6.07) is 24.8. The summed E-state index contributed by atoms with van der Waals surface area (Å²) in [7, 11) is 0. The number of nitrogens with one attached hydrogen (secondary N) is 1. The molecule has 2 N–H and O–H groups in total. The number of thioether (sulfide) groups is 1. The Morgan fingerprint density at radius 1 is 0.947 bits per heavy atom. The number of alkyl carbamates (subject to hydrolysis) is 1. The Balaban J connectivity index is 1.45. The van der Waals surface area contributed by atoms with Crippen molar-refractivity contribution in [3.8, 4) is 11.1 Å². The van der Waals surface area contributed by atoms with Crippen molar-refractivity contribution in [3.63, 3.8) is 0 Å². The number of ether oxygens (including phenoxy) is 1. The van der Waals surface area contributed by atoms with Crippen LogP contribution in [0.3, 0.4) is 0 Å². The number of carbonyl (C=O) groups is 3. The highest BCUT2D eigenvalue weighted by Gasteiger charge is 2.31. The maximum absolute atomic E-state index is 13.5. The van der Waals surface area contributed by atoms with Crippen molar-refractivity contribution >= 4 is 29.7 Å². The summed E-state index contributed by atoms with van der Waals surface area (Å²) in [6.07, 6.45) is 1.49. The molecule has 0 aliphatic heterocycles. The summed E-state index contributed by atoms with van der Waals surface area (Å²) in [5, 5.41) is 12.0. The van der Waals surface area contributed by atoms with Crippen LogP contribution in [0.1, 0.15) is 35.4 Å². The summed E-state index contributed by atoms with van der Waals surface area (Å²) in [4.78, 5) is 39.2. The zero-order chi connectivity index (χ0) is 26.9. The minimum absolute atomic E-state index is 0.0468. The lowest BCUT2D eigenvalue weighted by Gasteiger charge is -2.28. The number of aliphatic carboxylic acids is 1. The van der Waals surface area contributed by atoms with Crippen molar-refractivity contribution in [2.45, 2.75) is 31.3 Å². The Morgan fingerprint density at radius 2 is 1.55 bits per heavy atom. The molecule has 2 amide bonds. The molecule has 0 spiro atoms. The Bertz CT molecular complexity index is 1220. The molecule has 0 unspecified atom stereocenters. The van der Waals surface area contributed by atoms with Gasteiger partial charge in [-0.2, -0.15) is 11.8 Å². The molecular formula is C30H32N2O5S. The highest BCUT2D eigenvalue weighted by Crippen LogP contribution is 2.44. The number of hydrogen-bond donors (Lipinski definition) is 2. The van der Waals surface area contributed by atoms with Gasteiger partial charge in [-0.1, -0.05) is 78.9 Å². The van der Waals surface area contributed by atoms with Gasteiger partial charge in [0, 0.05) is 19.0 Å². The van der Waals surface area contributed by atoms with E-state index < -0.39 is 18.1 Å². The molecule has 38 heavy (non-hydrogen) atoms. The van der Waals surface area contributed by atoms with Crippen molar-refractivity contribution < 1.29 is 24.2 Å². The summed E-state index contributed by atoms with van der Waals surface area (Å²) >= 11 is 1.57. The van der Waals surface area contributed by atoms with E-state index >= 15 is 0 Å². The van der Waals surface area contributed by atoms with E-state index in [9.17, 15) is 19.5 Å². The Kier molecular flexibility index (Phi) is 9.43. The lowest BCUT2D eigenvalue weighted by Crippen LogP contribution is -2.49. The third-order valence-electron chi connectivity index (χ3n) is 6.67. The molecule has 8 heteroatoms. The zero-order valence-electron chi connectivity index (χ0n) is 21.3. The maximum Gasteiger partial charge on any atom is 0.407 e. The van der Waals surface area contributed by atoms with E-state index in [2.05, 4.69) is 29.6 Å². The van der Waals surface area contributed by atoms with E-state index in [1.807, 2.05) is 60.9 Å². The van der Waals surface area contributed by atoms with E-state index in [1.54, 1.807) is 11.8 Å². The molecule has 0 saturated carbocycles. The molecule has 0 fully saturated rings. The van der Waals surface area contributed by atoms with Crippen LogP contribution in [0.4, 0.5) is 4.79 Å². The maximum atomic E-state index is 13.5. The number of carboxylic acids is 1. The second kappa shape index (κ2) is 13.1. The molecule has 0 bridgehead atoms. The first-order valence-corrected chi connectivity index (χ1v) is 14.0. The molecule has 198 valence electrons. The molecular weight excluding hydrogens is 500 g/mol. The highest BCUT2D eigenvalue weighted by molar-refractivity contribution is 7.98. The first-order chi connectivity index (χ1) is 18.5. The molecule has 0 aromatic heterocycles. The van der Waals surface area contributed by atoms with Crippen LogP contribution in [0, 0.1) is 0 Å². The monoisotopic (exact) mass is 532 g/mol.